The third-order valence-corrected chi connectivity index (χ3v) is 4.11. The smallest absolute Gasteiger partial charge is 0.413 e. The van der Waals surface area contributed by atoms with E-state index in [2.05, 4.69) is 35.1 Å². The number of carbonyl (C=O) groups is 1. The average molecular weight is 330 g/mol. The molecule has 0 heterocycles. The summed E-state index contributed by atoms with van der Waals surface area (Å²) < 4.78 is 4.85. The van der Waals surface area contributed by atoms with Gasteiger partial charge < -0.3 is 10.3 Å². The van der Waals surface area contributed by atoms with Crippen LogP contribution < -0.4 is 0 Å². The maximum absolute atomic E-state index is 10.9. The summed E-state index contributed by atoms with van der Waals surface area (Å²) in [7, 11) is 0. The molecular weight excluding hydrogens is 300 g/mol. The van der Waals surface area contributed by atoms with Crippen molar-refractivity contribution in [2.45, 2.75) is 70.6 Å². The van der Waals surface area contributed by atoms with Crippen molar-refractivity contribution >= 4 is 12.2 Å². The van der Waals surface area contributed by atoms with Crippen molar-refractivity contribution in [2.75, 3.05) is 6.61 Å². The van der Waals surface area contributed by atoms with Gasteiger partial charge in [-0.15, -0.1) is 0 Å². The Morgan fingerprint density at radius 3 is 2.00 bits per heavy atom. The topological polar surface area (TPSA) is 62.7 Å². The Labute approximate surface area is 145 Å². The van der Waals surface area contributed by atoms with Crippen LogP contribution in [-0.2, 0) is 16.0 Å². The van der Waals surface area contributed by atoms with Gasteiger partial charge in [-0.05, 0) is 24.8 Å². The minimum absolute atomic E-state index is 0.409. The summed E-state index contributed by atoms with van der Waals surface area (Å²) in [5, 5.41) is 0. The fourth-order valence-electron chi connectivity index (χ4n) is 2.75. The van der Waals surface area contributed by atoms with Gasteiger partial charge in [0, 0.05) is 0 Å². The van der Waals surface area contributed by atoms with E-state index in [9.17, 15) is 4.79 Å². The highest BCUT2D eigenvalue weighted by atomic mass is 16.5. The summed E-state index contributed by atoms with van der Waals surface area (Å²) in [5.41, 5.74) is 9.60. The van der Waals surface area contributed by atoms with Crippen LogP contribution in [0.25, 0.3) is 5.53 Å². The third kappa shape index (κ3) is 11.6. The maximum atomic E-state index is 10.9. The van der Waals surface area contributed by atoms with Gasteiger partial charge in [-0.3, -0.25) is 0 Å². The van der Waals surface area contributed by atoms with Crippen molar-refractivity contribution in [3.05, 3.63) is 41.4 Å². The molecule has 0 aromatic heterocycles. The second-order valence-electron chi connectivity index (χ2n) is 6.18. The van der Waals surface area contributed by atoms with Gasteiger partial charge in [0.1, 0.15) is 0 Å². The normalized spacial score (nSPS) is 10.2. The first kappa shape index (κ1) is 20.1. The molecule has 0 saturated carbocycles. The molecule has 0 radical (unpaired) electrons. The molecule has 1 aromatic rings. The van der Waals surface area contributed by atoms with Crippen LogP contribution in [0, 0.1) is 0 Å². The Balaban J connectivity index is 1.78. The van der Waals surface area contributed by atoms with E-state index >= 15 is 0 Å². The minimum atomic E-state index is -0.579. The number of hydrogen-bond donors (Lipinski definition) is 0. The molecule has 1 aromatic carbocycles. The second kappa shape index (κ2) is 14.6. The Kier molecular flexibility index (Phi) is 12.3. The lowest BCUT2D eigenvalue weighted by atomic mass is 10.0. The Hall–Kier alpha value is -1.93. The van der Waals surface area contributed by atoms with Crippen molar-refractivity contribution in [2.24, 2.45) is 0 Å². The van der Waals surface area contributed by atoms with Crippen LogP contribution in [0.15, 0.2) is 30.3 Å². The second-order valence-corrected chi connectivity index (χ2v) is 6.18. The van der Waals surface area contributed by atoms with E-state index in [-0.39, 0.29) is 0 Å². The highest BCUT2D eigenvalue weighted by molar-refractivity contribution is 6.20. The quantitative estimate of drug-likeness (QED) is 0.159. The molecule has 0 aliphatic rings. The molecule has 132 valence electrons. The van der Waals surface area contributed by atoms with E-state index in [0.29, 0.717) is 6.61 Å². The number of rotatable bonds is 14. The predicted octanol–water partition coefficient (Wildman–Crippen LogP) is 4.97. The van der Waals surface area contributed by atoms with Crippen LogP contribution in [0.2, 0.25) is 0 Å². The maximum Gasteiger partial charge on any atom is 0.413 e. The summed E-state index contributed by atoms with van der Waals surface area (Å²) in [6.07, 6.45) is 14.3. The van der Waals surface area contributed by atoms with Crippen molar-refractivity contribution in [1.29, 1.82) is 0 Å². The van der Waals surface area contributed by atoms with E-state index < -0.39 is 5.97 Å². The van der Waals surface area contributed by atoms with E-state index in [0.717, 1.165) is 19.1 Å². The first-order chi connectivity index (χ1) is 11.8. The molecule has 1 rings (SSSR count). The fourth-order valence-corrected chi connectivity index (χ4v) is 2.75. The number of ether oxygens (including phenoxy) is 1. The number of carbonyl (C=O) groups excluding carboxylic acids is 1. The third-order valence-electron chi connectivity index (χ3n) is 4.11. The van der Waals surface area contributed by atoms with Crippen molar-refractivity contribution in [3.63, 3.8) is 0 Å². The molecule has 0 amide bonds. The van der Waals surface area contributed by atoms with Crippen LogP contribution in [0.5, 0.6) is 0 Å². The average Bonchev–Trinajstić information content (AvgIpc) is 2.60. The standard InChI is InChI=1S/C20H30N2O2/c21-22-18-20(23)24-17-13-8-6-4-2-1-3-5-7-10-14-19-15-11-9-12-16-19/h9,11-12,15-16,18H,1-8,10,13-14,17H2. The highest BCUT2D eigenvalue weighted by Gasteiger charge is 2.01. The number of benzene rings is 1. The van der Waals surface area contributed by atoms with Gasteiger partial charge in [0.15, 0.2) is 0 Å². The Morgan fingerprint density at radius 1 is 0.875 bits per heavy atom. The van der Waals surface area contributed by atoms with Gasteiger partial charge >= 0.3 is 12.2 Å². The van der Waals surface area contributed by atoms with Crippen LogP contribution in [0.1, 0.15) is 69.8 Å². The number of aryl methyl sites for hydroxylation is 1. The monoisotopic (exact) mass is 330 g/mol. The molecule has 0 aliphatic heterocycles. The molecule has 0 bridgehead atoms. The number of unbranched alkanes of at least 4 members (excludes halogenated alkanes) is 9. The zero-order valence-electron chi connectivity index (χ0n) is 14.7. The fraction of sp³-hybridized carbons (Fsp3) is 0.600. The van der Waals surface area contributed by atoms with Gasteiger partial charge in [0.2, 0.25) is 0 Å². The lowest BCUT2D eigenvalue weighted by Crippen LogP contribution is -2.07. The van der Waals surface area contributed by atoms with Crippen LogP contribution in [0.3, 0.4) is 0 Å². The van der Waals surface area contributed by atoms with Gasteiger partial charge in [-0.2, -0.15) is 4.79 Å². The highest BCUT2D eigenvalue weighted by Crippen LogP contribution is 2.12. The summed E-state index contributed by atoms with van der Waals surface area (Å²) in [4.78, 5) is 13.5. The molecule has 0 atom stereocenters. The largest absolute Gasteiger partial charge is 0.457 e. The van der Waals surface area contributed by atoms with Gasteiger partial charge in [-0.25, -0.2) is 4.79 Å². The van der Waals surface area contributed by atoms with Crippen molar-refractivity contribution in [3.8, 4) is 0 Å². The van der Waals surface area contributed by atoms with Crippen LogP contribution >= 0.6 is 0 Å². The Morgan fingerprint density at radius 2 is 1.42 bits per heavy atom. The van der Waals surface area contributed by atoms with E-state index in [1.54, 1.807) is 0 Å². The first-order valence-corrected chi connectivity index (χ1v) is 9.21. The molecule has 0 unspecified atom stereocenters. The first-order valence-electron chi connectivity index (χ1n) is 9.21. The summed E-state index contributed by atoms with van der Waals surface area (Å²) in [6.45, 7) is 0.409. The van der Waals surface area contributed by atoms with E-state index in [4.69, 9.17) is 10.3 Å². The van der Waals surface area contributed by atoms with Gasteiger partial charge in [0.05, 0.1) is 6.61 Å². The zero-order chi connectivity index (χ0) is 17.3. The molecule has 4 nitrogen and oxygen atoms in total. The summed E-state index contributed by atoms with van der Waals surface area (Å²) >= 11 is 0. The van der Waals surface area contributed by atoms with Crippen molar-refractivity contribution < 1.29 is 14.3 Å². The summed E-state index contributed by atoms with van der Waals surface area (Å²) in [5.74, 6) is -0.579. The summed E-state index contributed by atoms with van der Waals surface area (Å²) in [6, 6.07) is 10.7. The van der Waals surface area contributed by atoms with Gasteiger partial charge in [0.25, 0.3) is 0 Å². The predicted molar refractivity (Wildman–Crippen MR) is 97.0 cm³/mol. The molecular formula is C20H30N2O2. The lowest BCUT2D eigenvalue weighted by Gasteiger charge is -2.03. The SMILES string of the molecule is [N-]=[N+]=CC(=O)OCCCCCCCCCCCCc1ccccc1. The molecule has 0 aliphatic carbocycles. The molecule has 0 spiro atoms. The van der Waals surface area contributed by atoms with Crippen molar-refractivity contribution in [1.82, 2.24) is 0 Å². The minimum Gasteiger partial charge on any atom is -0.457 e. The zero-order valence-corrected chi connectivity index (χ0v) is 14.7. The van der Waals surface area contributed by atoms with Crippen LogP contribution in [0.4, 0.5) is 0 Å². The lowest BCUT2D eigenvalue weighted by molar-refractivity contribution is -0.139. The molecule has 0 fully saturated rings. The van der Waals surface area contributed by atoms with Crippen LogP contribution in [-0.4, -0.2) is 23.6 Å². The molecule has 0 N–H and O–H groups in total. The van der Waals surface area contributed by atoms with E-state index in [1.165, 1.54) is 63.4 Å². The molecule has 0 saturated heterocycles. The Bertz CT molecular complexity index is 482. The number of nitrogens with zero attached hydrogens (tertiary/aromatic N) is 2. The van der Waals surface area contributed by atoms with E-state index in [1.807, 2.05) is 0 Å². The molecule has 24 heavy (non-hydrogen) atoms. The number of hydrogen-bond acceptors (Lipinski definition) is 2. The number of esters is 1. The molecule has 4 heteroatoms. The van der Waals surface area contributed by atoms with Gasteiger partial charge in [-0.1, -0.05) is 81.7 Å².